The molecule has 0 unspecified atom stereocenters. The molecule has 0 spiro atoms. The van der Waals surface area contributed by atoms with Gasteiger partial charge in [-0.2, -0.15) is 0 Å². The predicted molar refractivity (Wildman–Crippen MR) is 56.8 cm³/mol. The number of rotatable bonds is 4. The molecule has 0 aromatic carbocycles. The maximum Gasteiger partial charge on any atom is 0.303 e. The third kappa shape index (κ3) is 3.06. The second-order valence-corrected chi connectivity index (χ2v) is 4.35. The molecule has 2 heterocycles. The number of piperidine rings is 1. The lowest BCUT2D eigenvalue weighted by Gasteiger charge is -2.30. The number of aliphatic carboxylic acids is 1. The summed E-state index contributed by atoms with van der Waals surface area (Å²) in [6, 6.07) is 0. The van der Waals surface area contributed by atoms with Crippen LogP contribution in [0.1, 0.15) is 24.8 Å². The summed E-state index contributed by atoms with van der Waals surface area (Å²) in [6.07, 6.45) is 5.63. The zero-order valence-electron chi connectivity index (χ0n) is 9.13. The molecule has 0 atom stereocenters. The van der Waals surface area contributed by atoms with E-state index >= 15 is 0 Å². The second kappa shape index (κ2) is 5.12. The molecule has 1 saturated heterocycles. The first kappa shape index (κ1) is 11.1. The molecule has 2 rings (SSSR count). The van der Waals surface area contributed by atoms with E-state index in [2.05, 4.69) is 10.1 Å². The van der Waals surface area contributed by atoms with Gasteiger partial charge in [0.25, 0.3) is 0 Å². The van der Waals surface area contributed by atoms with Gasteiger partial charge in [0.05, 0.1) is 6.20 Å². The average Bonchev–Trinajstić information content (AvgIpc) is 2.73. The summed E-state index contributed by atoms with van der Waals surface area (Å²) >= 11 is 0. The lowest BCUT2D eigenvalue weighted by Crippen LogP contribution is -2.33. The molecule has 0 bridgehead atoms. The molecule has 1 N–H and O–H groups in total. The molecule has 5 nitrogen and oxygen atoms in total. The zero-order valence-corrected chi connectivity index (χ0v) is 9.13. The van der Waals surface area contributed by atoms with E-state index in [1.54, 1.807) is 12.5 Å². The monoisotopic (exact) mass is 224 g/mol. The molecule has 0 radical (unpaired) electrons. The Balaban J connectivity index is 1.75. The van der Waals surface area contributed by atoms with E-state index in [0.717, 1.165) is 38.0 Å². The molecular weight excluding hydrogens is 208 g/mol. The van der Waals surface area contributed by atoms with Gasteiger partial charge in [-0.1, -0.05) is 5.16 Å². The second-order valence-electron chi connectivity index (χ2n) is 4.35. The van der Waals surface area contributed by atoms with Crippen molar-refractivity contribution >= 4 is 5.97 Å². The molecule has 0 aliphatic carbocycles. The van der Waals surface area contributed by atoms with Crippen LogP contribution in [0.5, 0.6) is 0 Å². The van der Waals surface area contributed by atoms with Gasteiger partial charge < -0.3 is 9.63 Å². The van der Waals surface area contributed by atoms with Gasteiger partial charge in [0, 0.05) is 18.5 Å². The number of aromatic nitrogens is 1. The van der Waals surface area contributed by atoms with Crippen molar-refractivity contribution in [2.75, 3.05) is 13.1 Å². The van der Waals surface area contributed by atoms with Gasteiger partial charge in [0.15, 0.2) is 0 Å². The number of hydrogen-bond acceptors (Lipinski definition) is 4. The highest BCUT2D eigenvalue weighted by molar-refractivity contribution is 5.67. The Hall–Kier alpha value is -1.36. The first-order valence-corrected chi connectivity index (χ1v) is 5.56. The molecule has 1 aromatic heterocycles. The molecular formula is C11H16N2O3. The topological polar surface area (TPSA) is 66.6 Å². The van der Waals surface area contributed by atoms with E-state index in [9.17, 15) is 4.79 Å². The highest BCUT2D eigenvalue weighted by atomic mass is 16.5. The van der Waals surface area contributed by atoms with Crippen LogP contribution in [0.15, 0.2) is 17.0 Å². The fourth-order valence-corrected chi connectivity index (χ4v) is 2.16. The van der Waals surface area contributed by atoms with E-state index in [4.69, 9.17) is 9.63 Å². The van der Waals surface area contributed by atoms with E-state index in [1.807, 2.05) is 0 Å². The Morgan fingerprint density at radius 1 is 1.56 bits per heavy atom. The lowest BCUT2D eigenvalue weighted by atomic mass is 9.93. The van der Waals surface area contributed by atoms with E-state index in [1.165, 1.54) is 0 Å². The summed E-state index contributed by atoms with van der Waals surface area (Å²) < 4.78 is 4.78. The fourth-order valence-electron chi connectivity index (χ4n) is 2.16. The first-order valence-electron chi connectivity index (χ1n) is 5.56. The van der Waals surface area contributed by atoms with E-state index in [-0.39, 0.29) is 0 Å². The summed E-state index contributed by atoms with van der Waals surface area (Å²) in [5.74, 6) is -0.339. The van der Waals surface area contributed by atoms with Crippen molar-refractivity contribution in [3.63, 3.8) is 0 Å². The van der Waals surface area contributed by atoms with Gasteiger partial charge in [-0.3, -0.25) is 9.69 Å². The average molecular weight is 224 g/mol. The van der Waals surface area contributed by atoms with Crippen LogP contribution in [0.2, 0.25) is 0 Å². The first-order chi connectivity index (χ1) is 7.74. The van der Waals surface area contributed by atoms with Crippen molar-refractivity contribution in [1.29, 1.82) is 0 Å². The quantitative estimate of drug-likeness (QED) is 0.836. The van der Waals surface area contributed by atoms with Crippen molar-refractivity contribution in [3.05, 3.63) is 18.0 Å². The molecule has 88 valence electrons. The third-order valence-corrected chi connectivity index (χ3v) is 3.06. The standard InChI is InChI=1S/C11H16N2O3/c14-11(15)5-9-1-3-13(4-2-9)7-10-6-12-16-8-10/h6,8-9H,1-5,7H2,(H,14,15). The van der Waals surface area contributed by atoms with Gasteiger partial charge in [-0.05, 0) is 31.8 Å². The van der Waals surface area contributed by atoms with Crippen LogP contribution < -0.4 is 0 Å². The van der Waals surface area contributed by atoms with Crippen LogP contribution in [0, 0.1) is 5.92 Å². The van der Waals surface area contributed by atoms with E-state index < -0.39 is 5.97 Å². The maximum atomic E-state index is 10.6. The zero-order chi connectivity index (χ0) is 11.4. The van der Waals surface area contributed by atoms with Crippen LogP contribution in [0.3, 0.4) is 0 Å². The molecule has 1 aliphatic heterocycles. The van der Waals surface area contributed by atoms with Crippen LogP contribution in [0.25, 0.3) is 0 Å². The number of nitrogens with zero attached hydrogens (tertiary/aromatic N) is 2. The van der Waals surface area contributed by atoms with Crippen molar-refractivity contribution in [3.8, 4) is 0 Å². The number of carboxylic acids is 1. The van der Waals surface area contributed by atoms with Crippen LogP contribution in [0.4, 0.5) is 0 Å². The molecule has 0 saturated carbocycles. The minimum atomic E-state index is -0.683. The lowest BCUT2D eigenvalue weighted by molar-refractivity contribution is -0.138. The number of carbonyl (C=O) groups is 1. The molecule has 1 aromatic rings. The highest BCUT2D eigenvalue weighted by Gasteiger charge is 2.21. The summed E-state index contributed by atoms with van der Waals surface area (Å²) in [7, 11) is 0. The predicted octanol–water partition coefficient (Wildman–Crippen LogP) is 1.36. The Morgan fingerprint density at radius 2 is 2.31 bits per heavy atom. The smallest absolute Gasteiger partial charge is 0.303 e. The van der Waals surface area contributed by atoms with Crippen molar-refractivity contribution in [1.82, 2.24) is 10.1 Å². The number of carboxylic acid groups (broad SMARTS) is 1. The SMILES string of the molecule is O=C(O)CC1CCN(Cc2cnoc2)CC1. The maximum absolute atomic E-state index is 10.6. The molecule has 5 heteroatoms. The fraction of sp³-hybridized carbons (Fsp3) is 0.636. The third-order valence-electron chi connectivity index (χ3n) is 3.06. The van der Waals surface area contributed by atoms with Gasteiger partial charge in [0.2, 0.25) is 0 Å². The Morgan fingerprint density at radius 3 is 2.88 bits per heavy atom. The molecule has 0 amide bonds. The van der Waals surface area contributed by atoms with Gasteiger partial charge in [-0.25, -0.2) is 0 Å². The van der Waals surface area contributed by atoms with Crippen LogP contribution in [-0.2, 0) is 11.3 Å². The van der Waals surface area contributed by atoms with Crippen molar-refractivity contribution in [2.24, 2.45) is 5.92 Å². The van der Waals surface area contributed by atoms with E-state index in [0.29, 0.717) is 12.3 Å². The van der Waals surface area contributed by atoms with Gasteiger partial charge >= 0.3 is 5.97 Å². The molecule has 16 heavy (non-hydrogen) atoms. The van der Waals surface area contributed by atoms with Crippen LogP contribution in [-0.4, -0.2) is 34.2 Å². The Bertz CT molecular complexity index is 329. The van der Waals surface area contributed by atoms with Gasteiger partial charge in [-0.15, -0.1) is 0 Å². The minimum absolute atomic E-state index is 0.307. The largest absolute Gasteiger partial charge is 0.481 e. The van der Waals surface area contributed by atoms with Gasteiger partial charge in [0.1, 0.15) is 6.26 Å². The molecule has 1 aliphatic rings. The Kier molecular flexibility index (Phi) is 3.56. The van der Waals surface area contributed by atoms with Crippen molar-refractivity contribution < 1.29 is 14.4 Å². The summed E-state index contributed by atoms with van der Waals surface area (Å²) in [5.41, 5.74) is 1.08. The molecule has 1 fully saturated rings. The minimum Gasteiger partial charge on any atom is -0.481 e. The number of hydrogen-bond donors (Lipinski definition) is 1. The Labute approximate surface area is 94.0 Å². The summed E-state index contributed by atoms with van der Waals surface area (Å²) in [6.45, 7) is 2.77. The van der Waals surface area contributed by atoms with Crippen LogP contribution >= 0.6 is 0 Å². The summed E-state index contributed by atoms with van der Waals surface area (Å²) in [4.78, 5) is 12.9. The highest BCUT2D eigenvalue weighted by Crippen LogP contribution is 2.21. The number of likely N-dealkylation sites (tertiary alicyclic amines) is 1. The normalized spacial score (nSPS) is 18.8. The van der Waals surface area contributed by atoms with Crippen molar-refractivity contribution in [2.45, 2.75) is 25.8 Å². The summed E-state index contributed by atoms with van der Waals surface area (Å²) in [5, 5.41) is 12.4.